The van der Waals surface area contributed by atoms with Gasteiger partial charge in [0.1, 0.15) is 0 Å². The van der Waals surface area contributed by atoms with Crippen molar-refractivity contribution in [1.29, 1.82) is 0 Å². The zero-order valence-corrected chi connectivity index (χ0v) is 12.7. The molecule has 2 nitrogen and oxygen atoms in total. The van der Waals surface area contributed by atoms with Crippen LogP contribution in [0, 0.1) is 17.3 Å². The van der Waals surface area contributed by atoms with E-state index in [1.165, 1.54) is 11.1 Å². The Morgan fingerprint density at radius 1 is 1.20 bits per heavy atom. The number of hydrogen-bond donors (Lipinski definition) is 2. The number of fused-ring (bicyclic) bond motifs is 3. The molecule has 0 heterocycles. The lowest BCUT2D eigenvalue weighted by atomic mass is 9.62. The van der Waals surface area contributed by atoms with Crippen LogP contribution in [0.5, 0.6) is 0 Å². The summed E-state index contributed by atoms with van der Waals surface area (Å²) in [4.78, 5) is 0. The van der Waals surface area contributed by atoms with E-state index in [4.69, 9.17) is 5.73 Å². The summed E-state index contributed by atoms with van der Waals surface area (Å²) in [6, 6.07) is 8.72. The van der Waals surface area contributed by atoms with Crippen LogP contribution in [0.2, 0.25) is 0 Å². The van der Waals surface area contributed by atoms with Gasteiger partial charge in [0.25, 0.3) is 0 Å². The molecule has 2 aliphatic carbocycles. The van der Waals surface area contributed by atoms with E-state index < -0.39 is 5.60 Å². The average Bonchev–Trinajstić information content (AvgIpc) is 2.69. The van der Waals surface area contributed by atoms with Crippen molar-refractivity contribution in [2.45, 2.75) is 51.6 Å². The Hall–Kier alpha value is -0.860. The van der Waals surface area contributed by atoms with Crippen molar-refractivity contribution in [3.05, 3.63) is 35.4 Å². The molecule has 3 unspecified atom stereocenters. The molecule has 110 valence electrons. The molecule has 0 aliphatic heterocycles. The second-order valence-electron chi connectivity index (χ2n) is 7.09. The van der Waals surface area contributed by atoms with E-state index >= 15 is 0 Å². The SMILES string of the molecule is CCC(C)(CN)C1(O)C2CCC1Cc1ccccc1C2. The molecule has 2 bridgehead atoms. The van der Waals surface area contributed by atoms with Crippen molar-refractivity contribution in [3.8, 4) is 0 Å². The standard InChI is InChI=1S/C18H27NO/c1-3-17(2,12-19)18(20)15-8-9-16(18)11-14-7-5-4-6-13(14)10-15/h4-7,15-16,20H,3,8-12,19H2,1-2H3. The van der Waals surface area contributed by atoms with Gasteiger partial charge in [-0.2, -0.15) is 0 Å². The van der Waals surface area contributed by atoms with E-state index in [2.05, 4.69) is 38.1 Å². The van der Waals surface area contributed by atoms with Crippen LogP contribution in [0.4, 0.5) is 0 Å². The van der Waals surface area contributed by atoms with Gasteiger partial charge in [-0.25, -0.2) is 0 Å². The molecule has 3 N–H and O–H groups in total. The van der Waals surface area contributed by atoms with Crippen LogP contribution in [0.15, 0.2) is 24.3 Å². The second kappa shape index (κ2) is 4.85. The number of rotatable bonds is 3. The lowest BCUT2D eigenvalue weighted by Gasteiger charge is -2.48. The molecule has 1 aromatic carbocycles. The monoisotopic (exact) mass is 273 g/mol. The van der Waals surface area contributed by atoms with Crippen LogP contribution in [0.3, 0.4) is 0 Å². The predicted octanol–water partition coefficient (Wildman–Crippen LogP) is 2.92. The Morgan fingerprint density at radius 3 is 2.10 bits per heavy atom. The van der Waals surface area contributed by atoms with Crippen molar-refractivity contribution in [2.24, 2.45) is 23.0 Å². The van der Waals surface area contributed by atoms with Crippen molar-refractivity contribution < 1.29 is 5.11 Å². The molecule has 1 saturated carbocycles. The molecule has 1 aromatic rings. The number of aliphatic hydroxyl groups is 1. The van der Waals surface area contributed by atoms with Gasteiger partial charge >= 0.3 is 0 Å². The number of nitrogens with two attached hydrogens (primary N) is 1. The molecule has 0 radical (unpaired) electrons. The van der Waals surface area contributed by atoms with Crippen LogP contribution in [-0.2, 0) is 12.8 Å². The van der Waals surface area contributed by atoms with E-state index in [1.807, 2.05) is 0 Å². The van der Waals surface area contributed by atoms with Crippen molar-refractivity contribution in [2.75, 3.05) is 6.54 Å². The Kier molecular flexibility index (Phi) is 3.42. The fourth-order valence-corrected chi connectivity index (χ4v) is 4.75. The maximum atomic E-state index is 11.7. The van der Waals surface area contributed by atoms with Gasteiger partial charge in [0, 0.05) is 12.0 Å². The maximum Gasteiger partial charge on any atom is 0.0775 e. The molecule has 20 heavy (non-hydrogen) atoms. The lowest BCUT2D eigenvalue weighted by molar-refractivity contribution is -0.131. The molecular weight excluding hydrogens is 246 g/mol. The lowest BCUT2D eigenvalue weighted by Crippen LogP contribution is -2.57. The van der Waals surface area contributed by atoms with Gasteiger partial charge in [-0.1, -0.05) is 38.1 Å². The first kappa shape index (κ1) is 14.1. The normalized spacial score (nSPS) is 35.2. The summed E-state index contributed by atoms with van der Waals surface area (Å²) in [6.07, 6.45) is 5.26. The Morgan fingerprint density at radius 2 is 1.70 bits per heavy atom. The van der Waals surface area contributed by atoms with E-state index in [9.17, 15) is 5.11 Å². The zero-order valence-electron chi connectivity index (χ0n) is 12.7. The summed E-state index contributed by atoms with van der Waals surface area (Å²) in [6.45, 7) is 4.93. The number of hydrogen-bond acceptors (Lipinski definition) is 2. The fraction of sp³-hybridized carbons (Fsp3) is 0.667. The quantitative estimate of drug-likeness (QED) is 0.889. The first-order chi connectivity index (χ1) is 9.55. The second-order valence-corrected chi connectivity index (χ2v) is 7.09. The van der Waals surface area contributed by atoms with E-state index in [1.54, 1.807) is 0 Å². The summed E-state index contributed by atoms with van der Waals surface area (Å²) < 4.78 is 0. The Balaban J connectivity index is 2.04. The van der Waals surface area contributed by atoms with Crippen molar-refractivity contribution >= 4 is 0 Å². The summed E-state index contributed by atoms with van der Waals surface area (Å²) in [5, 5.41) is 11.7. The molecule has 2 heteroatoms. The van der Waals surface area contributed by atoms with Crippen LogP contribution < -0.4 is 5.73 Å². The smallest absolute Gasteiger partial charge is 0.0775 e. The fourth-order valence-electron chi connectivity index (χ4n) is 4.75. The zero-order chi connectivity index (χ0) is 14.4. The molecule has 3 rings (SSSR count). The summed E-state index contributed by atoms with van der Waals surface area (Å²) in [7, 11) is 0. The third-order valence-corrected chi connectivity index (χ3v) is 6.36. The van der Waals surface area contributed by atoms with E-state index in [-0.39, 0.29) is 5.41 Å². The minimum atomic E-state index is -0.602. The van der Waals surface area contributed by atoms with Gasteiger partial charge < -0.3 is 10.8 Å². The van der Waals surface area contributed by atoms with Gasteiger partial charge in [0.15, 0.2) is 0 Å². The molecular formula is C18H27NO. The highest BCUT2D eigenvalue weighted by Crippen LogP contribution is 2.55. The summed E-state index contributed by atoms with van der Waals surface area (Å²) >= 11 is 0. The van der Waals surface area contributed by atoms with E-state index in [0.29, 0.717) is 18.4 Å². The Bertz CT molecular complexity index is 459. The highest BCUT2D eigenvalue weighted by molar-refractivity contribution is 5.32. The first-order valence-corrected chi connectivity index (χ1v) is 8.04. The van der Waals surface area contributed by atoms with Crippen molar-refractivity contribution in [3.63, 3.8) is 0 Å². The highest BCUT2D eigenvalue weighted by atomic mass is 16.3. The minimum Gasteiger partial charge on any atom is -0.389 e. The van der Waals surface area contributed by atoms with Gasteiger partial charge in [0.05, 0.1) is 5.60 Å². The predicted molar refractivity (Wildman–Crippen MR) is 82.5 cm³/mol. The third kappa shape index (κ3) is 1.78. The molecule has 0 amide bonds. The van der Waals surface area contributed by atoms with Gasteiger partial charge in [-0.15, -0.1) is 0 Å². The summed E-state index contributed by atoms with van der Waals surface area (Å²) in [5.74, 6) is 0.731. The molecule has 2 aliphatic rings. The van der Waals surface area contributed by atoms with Gasteiger partial charge in [0.2, 0.25) is 0 Å². The first-order valence-electron chi connectivity index (χ1n) is 8.04. The molecule has 0 spiro atoms. The van der Waals surface area contributed by atoms with Crippen LogP contribution in [0.25, 0.3) is 0 Å². The Labute approximate surface area is 122 Å². The summed E-state index contributed by atoms with van der Waals surface area (Å²) in [5.41, 5.74) is 8.19. The minimum absolute atomic E-state index is 0.166. The van der Waals surface area contributed by atoms with Gasteiger partial charge in [-0.05, 0) is 55.1 Å². The largest absolute Gasteiger partial charge is 0.389 e. The van der Waals surface area contributed by atoms with Crippen molar-refractivity contribution in [1.82, 2.24) is 0 Å². The van der Waals surface area contributed by atoms with Crippen LogP contribution in [-0.4, -0.2) is 17.3 Å². The molecule has 0 aromatic heterocycles. The van der Waals surface area contributed by atoms with Crippen LogP contribution >= 0.6 is 0 Å². The van der Waals surface area contributed by atoms with Crippen LogP contribution in [0.1, 0.15) is 44.2 Å². The highest BCUT2D eigenvalue weighted by Gasteiger charge is 2.58. The average molecular weight is 273 g/mol. The molecule has 0 saturated heterocycles. The van der Waals surface area contributed by atoms with Gasteiger partial charge in [-0.3, -0.25) is 0 Å². The maximum absolute atomic E-state index is 11.7. The number of benzene rings is 1. The third-order valence-electron chi connectivity index (χ3n) is 6.36. The molecule has 1 fully saturated rings. The molecule has 3 atom stereocenters. The van der Waals surface area contributed by atoms with E-state index in [0.717, 1.165) is 32.1 Å². The topological polar surface area (TPSA) is 46.2 Å².